The lowest BCUT2D eigenvalue weighted by molar-refractivity contribution is -0.184. The summed E-state index contributed by atoms with van der Waals surface area (Å²) < 4.78 is 0. The molecule has 7 atom stereocenters. The third-order valence-electron chi connectivity index (χ3n) is 8.89. The van der Waals surface area contributed by atoms with Gasteiger partial charge in [0.05, 0.1) is 6.10 Å². The minimum atomic E-state index is -1.62. The number of primary amides is 1. The molecule has 2 amide bonds. The molecule has 0 aromatic heterocycles. The first kappa shape index (κ1) is 21.5. The van der Waals surface area contributed by atoms with Crippen LogP contribution in [0, 0.1) is 28.6 Å². The summed E-state index contributed by atoms with van der Waals surface area (Å²) in [6.07, 6.45) is 5.37. The van der Waals surface area contributed by atoms with Crippen molar-refractivity contribution in [1.29, 1.82) is 0 Å². The van der Waals surface area contributed by atoms with Crippen molar-refractivity contribution in [2.24, 2.45) is 34.3 Å². The molecule has 0 unspecified atom stereocenters. The van der Waals surface area contributed by atoms with Crippen LogP contribution >= 0.6 is 0 Å². The van der Waals surface area contributed by atoms with E-state index in [9.17, 15) is 24.6 Å². The number of amides is 2. The van der Waals surface area contributed by atoms with E-state index in [0.29, 0.717) is 25.7 Å². The maximum Gasteiger partial charge on any atom is 0.336 e. The normalized spacial score (nSPS) is 45.1. The van der Waals surface area contributed by atoms with Gasteiger partial charge in [0.2, 0.25) is 0 Å². The van der Waals surface area contributed by atoms with Crippen LogP contribution < -0.4 is 11.2 Å². The number of rotatable bonds is 4. The number of hydroxylamine groups is 1. The highest BCUT2D eigenvalue weighted by atomic mass is 16.7. The van der Waals surface area contributed by atoms with Gasteiger partial charge in [0.15, 0.2) is 11.6 Å². The van der Waals surface area contributed by atoms with Gasteiger partial charge in [-0.1, -0.05) is 19.4 Å². The summed E-state index contributed by atoms with van der Waals surface area (Å²) in [5.41, 5.74) is 5.42. The smallest absolute Gasteiger partial charge is 0.336 e. The van der Waals surface area contributed by atoms with Gasteiger partial charge >= 0.3 is 6.03 Å². The summed E-state index contributed by atoms with van der Waals surface area (Å²) in [6, 6.07) is -0.911. The highest BCUT2D eigenvalue weighted by molar-refractivity contribution is 5.92. The molecule has 8 nitrogen and oxygen atoms in total. The molecule has 3 fully saturated rings. The number of nitrogens with one attached hydrogen (secondary N) is 1. The summed E-state index contributed by atoms with van der Waals surface area (Å²) in [6.45, 7) is 3.60. The van der Waals surface area contributed by atoms with E-state index in [-0.39, 0.29) is 29.0 Å². The Morgan fingerprint density at radius 3 is 2.70 bits per heavy atom. The lowest BCUT2D eigenvalue weighted by Gasteiger charge is -2.60. The topological polar surface area (TPSA) is 139 Å². The maximum atomic E-state index is 12.9. The lowest BCUT2D eigenvalue weighted by atomic mass is 9.45. The molecule has 4 rings (SSSR count). The van der Waals surface area contributed by atoms with Crippen LogP contribution in [0.2, 0.25) is 0 Å². The Kier molecular flexibility index (Phi) is 5.11. The Bertz CT molecular complexity index is 811. The number of allylic oxidation sites excluding steroid dienone is 1. The largest absolute Gasteiger partial charge is 0.393 e. The molecule has 30 heavy (non-hydrogen) atoms. The molecule has 0 heterocycles. The number of aliphatic hydroxyl groups excluding tert-OH is 1. The van der Waals surface area contributed by atoms with Gasteiger partial charge in [0.25, 0.3) is 0 Å². The second-order valence-electron chi connectivity index (χ2n) is 10.2. The molecule has 0 radical (unpaired) electrons. The molecule has 0 saturated heterocycles. The van der Waals surface area contributed by atoms with Crippen LogP contribution in [0.25, 0.3) is 0 Å². The molecule has 4 aliphatic rings. The van der Waals surface area contributed by atoms with Crippen molar-refractivity contribution in [3.05, 3.63) is 11.6 Å². The summed E-state index contributed by atoms with van der Waals surface area (Å²) in [7, 11) is 0. The summed E-state index contributed by atoms with van der Waals surface area (Å²) in [5.74, 6) is -0.0336. The van der Waals surface area contributed by atoms with Crippen molar-refractivity contribution in [2.45, 2.75) is 70.5 Å². The molecule has 0 aromatic carbocycles. The number of hydrogen-bond donors (Lipinski definition) is 4. The van der Waals surface area contributed by atoms with E-state index in [1.54, 1.807) is 6.08 Å². The molecular weight excluding hydrogens is 388 g/mol. The van der Waals surface area contributed by atoms with Gasteiger partial charge in [-0.2, -0.15) is 0 Å². The molecular formula is C22H32N2O6. The predicted octanol–water partition coefficient (Wildman–Crippen LogP) is 1.39. The summed E-state index contributed by atoms with van der Waals surface area (Å²) >= 11 is 0. The van der Waals surface area contributed by atoms with Gasteiger partial charge < -0.3 is 15.9 Å². The first-order chi connectivity index (χ1) is 14.0. The fourth-order valence-electron chi connectivity index (χ4n) is 7.44. The summed E-state index contributed by atoms with van der Waals surface area (Å²) in [4.78, 5) is 40.5. The maximum absolute atomic E-state index is 12.9. The molecule has 166 valence electrons. The number of urea groups is 1. The second kappa shape index (κ2) is 7.14. The Morgan fingerprint density at radius 2 is 2.00 bits per heavy atom. The molecule has 0 bridgehead atoms. The zero-order chi connectivity index (χ0) is 21.9. The predicted molar refractivity (Wildman–Crippen MR) is 107 cm³/mol. The molecule has 0 spiro atoms. The minimum absolute atomic E-state index is 0.0221. The average molecular weight is 421 g/mol. The van der Waals surface area contributed by atoms with Gasteiger partial charge in [-0.05, 0) is 67.8 Å². The molecule has 3 saturated carbocycles. The Hall–Kier alpha value is -1.77. The van der Waals surface area contributed by atoms with Crippen molar-refractivity contribution in [2.75, 3.05) is 6.61 Å². The zero-order valence-electron chi connectivity index (χ0n) is 17.6. The Balaban J connectivity index is 1.61. The van der Waals surface area contributed by atoms with Crippen molar-refractivity contribution >= 4 is 17.6 Å². The third kappa shape index (κ3) is 2.95. The number of nitrogens with two attached hydrogens (primary N) is 1. The van der Waals surface area contributed by atoms with Crippen LogP contribution in [0.3, 0.4) is 0 Å². The van der Waals surface area contributed by atoms with E-state index >= 15 is 0 Å². The van der Waals surface area contributed by atoms with Crippen molar-refractivity contribution in [1.82, 2.24) is 5.48 Å². The van der Waals surface area contributed by atoms with E-state index in [1.165, 1.54) is 0 Å². The van der Waals surface area contributed by atoms with Gasteiger partial charge in [-0.15, -0.1) is 0 Å². The van der Waals surface area contributed by atoms with E-state index in [2.05, 4.69) is 6.92 Å². The molecule has 0 aliphatic heterocycles. The van der Waals surface area contributed by atoms with Gasteiger partial charge in [-0.3, -0.25) is 14.4 Å². The molecule has 0 aromatic rings. The Labute approximate surface area is 176 Å². The highest BCUT2D eigenvalue weighted by Crippen LogP contribution is 2.67. The molecule has 5 N–H and O–H groups in total. The number of ketones is 2. The van der Waals surface area contributed by atoms with E-state index in [1.807, 2.05) is 12.4 Å². The first-order valence-electron chi connectivity index (χ1n) is 10.9. The first-order valence-corrected chi connectivity index (χ1v) is 10.9. The van der Waals surface area contributed by atoms with Gasteiger partial charge in [-0.25, -0.2) is 10.3 Å². The average Bonchev–Trinajstić information content (AvgIpc) is 2.93. The fraction of sp³-hybridized carbons (Fsp3) is 0.773. The second-order valence-corrected chi connectivity index (χ2v) is 10.2. The van der Waals surface area contributed by atoms with Crippen LogP contribution in [0.15, 0.2) is 11.6 Å². The van der Waals surface area contributed by atoms with Crippen LogP contribution in [0.5, 0.6) is 0 Å². The van der Waals surface area contributed by atoms with Crippen LogP contribution in [-0.4, -0.2) is 46.1 Å². The number of Topliss-reactive ketones (excluding diaryl/α,β-unsaturated/α-hetero) is 1. The monoisotopic (exact) mass is 420 g/mol. The van der Waals surface area contributed by atoms with E-state index in [0.717, 1.165) is 24.8 Å². The fourth-order valence-corrected chi connectivity index (χ4v) is 7.44. The number of carbonyl (C=O) groups is 3. The Morgan fingerprint density at radius 1 is 1.27 bits per heavy atom. The lowest BCUT2D eigenvalue weighted by Crippen LogP contribution is -2.62. The summed E-state index contributed by atoms with van der Waals surface area (Å²) in [5, 5.41) is 22.8. The van der Waals surface area contributed by atoms with Gasteiger partial charge in [0.1, 0.15) is 12.2 Å². The van der Waals surface area contributed by atoms with Gasteiger partial charge in [0, 0.05) is 11.8 Å². The van der Waals surface area contributed by atoms with E-state index < -0.39 is 35.5 Å². The SMILES string of the molecule is C[C@]12CCC(=O)C=C1CC[C@@H]1[C@@H]2[C@@H](O)C[C@@]2(C)[C@H]1CC[C@]2(O)C(=O)CONC(N)=O. The van der Waals surface area contributed by atoms with E-state index in [4.69, 9.17) is 10.6 Å². The van der Waals surface area contributed by atoms with Crippen molar-refractivity contribution < 1.29 is 29.4 Å². The standard InChI is InChI=1S/C22H32N2O6/c1-20-7-5-13(25)9-12(20)3-4-14-15-6-8-22(29,17(27)11-30-24-19(23)28)21(15,2)10-16(26)18(14)20/h9,14-16,18,26,29H,3-8,10-11H2,1-2H3,(H3,23,24,28)/t14-,15-,16-,18+,20-,21-,22-/m0/s1. The van der Waals surface area contributed by atoms with Crippen molar-refractivity contribution in [3.8, 4) is 0 Å². The van der Waals surface area contributed by atoms with Crippen LogP contribution in [0.4, 0.5) is 4.79 Å². The molecule has 8 heteroatoms. The third-order valence-corrected chi connectivity index (χ3v) is 8.89. The number of aliphatic hydroxyl groups is 2. The quantitative estimate of drug-likeness (QED) is 0.507. The number of fused-ring (bicyclic) bond motifs is 5. The number of carbonyl (C=O) groups excluding carboxylic acids is 3. The van der Waals surface area contributed by atoms with Crippen LogP contribution in [0.1, 0.15) is 58.8 Å². The zero-order valence-corrected chi connectivity index (χ0v) is 17.6. The number of hydrogen-bond acceptors (Lipinski definition) is 6. The minimum Gasteiger partial charge on any atom is -0.393 e. The van der Waals surface area contributed by atoms with Crippen molar-refractivity contribution in [3.63, 3.8) is 0 Å². The van der Waals surface area contributed by atoms with Crippen LogP contribution in [-0.2, 0) is 14.4 Å². The highest BCUT2D eigenvalue weighted by Gasteiger charge is 2.68. The molecule has 4 aliphatic carbocycles.